The van der Waals surface area contributed by atoms with E-state index in [2.05, 4.69) is 9.97 Å². The molecule has 0 aliphatic rings. The Kier molecular flexibility index (Phi) is 4.69. The lowest BCUT2D eigenvalue weighted by atomic mass is 10.1. The average molecular weight is 260 g/mol. The van der Waals surface area contributed by atoms with Crippen molar-refractivity contribution >= 4 is 5.97 Å². The fraction of sp³-hybridized carbons (Fsp3) is 0.286. The molecule has 1 aromatic heterocycles. The Labute approximate surface area is 112 Å². The van der Waals surface area contributed by atoms with Gasteiger partial charge in [-0.3, -0.25) is 0 Å². The van der Waals surface area contributed by atoms with Gasteiger partial charge in [-0.05, 0) is 0 Å². The second-order valence-electron chi connectivity index (χ2n) is 4.34. The zero-order valence-corrected chi connectivity index (χ0v) is 10.9. The summed E-state index contributed by atoms with van der Waals surface area (Å²) in [5, 5.41) is 1.99. The van der Waals surface area contributed by atoms with Gasteiger partial charge in [0, 0.05) is 17.5 Å². The van der Waals surface area contributed by atoms with Gasteiger partial charge in [-0.15, -0.1) is 0 Å². The fourth-order valence-electron chi connectivity index (χ4n) is 1.94. The van der Waals surface area contributed by atoms with Crippen LogP contribution in [0.2, 0.25) is 0 Å². The van der Waals surface area contributed by atoms with Crippen LogP contribution in [-0.2, 0) is 22.5 Å². The maximum absolute atomic E-state index is 11.8. The number of rotatable bonds is 6. The van der Waals surface area contributed by atoms with E-state index in [4.69, 9.17) is 4.74 Å². The average Bonchev–Trinajstić information content (AvgIpc) is 2.96. The third-order valence-electron chi connectivity index (χ3n) is 2.98. The molecule has 0 saturated carbocycles. The van der Waals surface area contributed by atoms with Crippen molar-refractivity contribution in [1.82, 2.24) is 9.97 Å². The minimum absolute atomic E-state index is 0.217. The van der Waals surface area contributed by atoms with E-state index in [0.717, 1.165) is 12.2 Å². The molecule has 0 aliphatic carbocycles. The molecule has 100 valence electrons. The normalized spacial score (nSPS) is 12.1. The van der Waals surface area contributed by atoms with Gasteiger partial charge < -0.3 is 15.0 Å². The van der Waals surface area contributed by atoms with Crippen LogP contribution in [0.4, 0.5) is 0 Å². The van der Waals surface area contributed by atoms with Crippen LogP contribution in [0.1, 0.15) is 11.3 Å². The van der Waals surface area contributed by atoms with Crippen molar-refractivity contribution in [1.29, 1.82) is 0 Å². The Morgan fingerprint density at radius 2 is 2.21 bits per heavy atom. The molecule has 1 heterocycles. The maximum atomic E-state index is 11.8. The minimum atomic E-state index is -0.259. The molecular formula is C14H18N3O2+. The summed E-state index contributed by atoms with van der Waals surface area (Å²) in [7, 11) is 1.42. The van der Waals surface area contributed by atoms with E-state index < -0.39 is 0 Å². The van der Waals surface area contributed by atoms with Gasteiger partial charge in [0.15, 0.2) is 6.04 Å². The molecule has 0 bridgehead atoms. The summed E-state index contributed by atoms with van der Waals surface area (Å²) < 4.78 is 4.85. The molecule has 1 aromatic carbocycles. The predicted molar refractivity (Wildman–Crippen MR) is 70.2 cm³/mol. The number of methoxy groups -OCH3 is 1. The Morgan fingerprint density at radius 1 is 1.42 bits per heavy atom. The first-order valence-corrected chi connectivity index (χ1v) is 6.22. The second-order valence-corrected chi connectivity index (χ2v) is 4.34. The molecule has 0 aliphatic heterocycles. The summed E-state index contributed by atoms with van der Waals surface area (Å²) in [6.07, 6.45) is 3.92. The first-order chi connectivity index (χ1) is 9.29. The van der Waals surface area contributed by atoms with Gasteiger partial charge in [0.05, 0.1) is 19.9 Å². The molecule has 2 rings (SSSR count). The number of esters is 1. The highest BCUT2D eigenvalue weighted by Crippen LogP contribution is 1.99. The lowest BCUT2D eigenvalue weighted by Crippen LogP contribution is -2.91. The standard InChI is InChI=1S/C14H17N3O2/c1-19-14(18)13(7-12-9-15-10-17-12)16-8-11-5-3-2-4-6-11/h2-6,9-10,13,16H,7-8H2,1H3,(H,15,17)/p+1/t13-/m0/s1. The molecule has 5 heteroatoms. The SMILES string of the molecule is COC(=O)[C@H](Cc1cnc[nH]1)[NH2+]Cc1ccccc1. The van der Waals surface area contributed by atoms with Crippen LogP contribution in [0.3, 0.4) is 0 Å². The van der Waals surface area contributed by atoms with Crippen LogP contribution < -0.4 is 5.32 Å². The number of H-pyrrole nitrogens is 1. The predicted octanol–water partition coefficient (Wildman–Crippen LogP) is 0.257. The number of nitrogens with one attached hydrogen (secondary N) is 1. The van der Waals surface area contributed by atoms with Gasteiger partial charge in [0.25, 0.3) is 0 Å². The van der Waals surface area contributed by atoms with E-state index in [0.29, 0.717) is 6.42 Å². The Hall–Kier alpha value is -2.14. The number of carbonyl (C=O) groups is 1. The summed E-state index contributed by atoms with van der Waals surface area (Å²) in [6.45, 7) is 0.745. The lowest BCUT2D eigenvalue weighted by Gasteiger charge is -2.12. The summed E-state index contributed by atoms with van der Waals surface area (Å²) in [6, 6.07) is 9.79. The van der Waals surface area contributed by atoms with Gasteiger partial charge >= 0.3 is 5.97 Å². The van der Waals surface area contributed by atoms with Crippen molar-refractivity contribution in [2.24, 2.45) is 0 Å². The number of nitrogens with zero attached hydrogens (tertiary/aromatic N) is 1. The van der Waals surface area contributed by atoms with E-state index in [1.54, 1.807) is 12.5 Å². The van der Waals surface area contributed by atoms with Crippen molar-refractivity contribution in [2.45, 2.75) is 19.0 Å². The number of hydrogen-bond acceptors (Lipinski definition) is 3. The van der Waals surface area contributed by atoms with E-state index in [-0.39, 0.29) is 12.0 Å². The van der Waals surface area contributed by atoms with Crippen molar-refractivity contribution in [3.8, 4) is 0 Å². The molecule has 0 fully saturated rings. The third kappa shape index (κ3) is 3.93. The molecule has 0 amide bonds. The summed E-state index contributed by atoms with van der Waals surface area (Å²) >= 11 is 0. The molecular weight excluding hydrogens is 242 g/mol. The van der Waals surface area contributed by atoms with Gasteiger partial charge in [0.2, 0.25) is 0 Å². The number of imidazole rings is 1. The molecule has 2 aromatic rings. The number of aromatic amines is 1. The topological polar surface area (TPSA) is 71.6 Å². The zero-order chi connectivity index (χ0) is 13.5. The third-order valence-corrected chi connectivity index (χ3v) is 2.98. The Morgan fingerprint density at radius 3 is 2.84 bits per heavy atom. The summed E-state index contributed by atoms with van der Waals surface area (Å²) in [4.78, 5) is 18.7. The monoisotopic (exact) mass is 260 g/mol. The van der Waals surface area contributed by atoms with Crippen LogP contribution in [0, 0.1) is 0 Å². The number of benzene rings is 1. The fourth-order valence-corrected chi connectivity index (χ4v) is 1.94. The molecule has 0 radical (unpaired) electrons. The highest BCUT2D eigenvalue weighted by molar-refractivity contribution is 5.74. The highest BCUT2D eigenvalue weighted by Gasteiger charge is 2.23. The smallest absolute Gasteiger partial charge is 0.364 e. The first-order valence-electron chi connectivity index (χ1n) is 6.22. The molecule has 5 nitrogen and oxygen atoms in total. The van der Waals surface area contributed by atoms with E-state index >= 15 is 0 Å². The molecule has 0 unspecified atom stereocenters. The minimum Gasteiger partial charge on any atom is -0.465 e. The van der Waals surface area contributed by atoms with Crippen molar-refractivity contribution in [3.63, 3.8) is 0 Å². The van der Waals surface area contributed by atoms with Crippen LogP contribution in [-0.4, -0.2) is 29.1 Å². The molecule has 0 saturated heterocycles. The lowest BCUT2D eigenvalue weighted by molar-refractivity contribution is -0.693. The second kappa shape index (κ2) is 6.70. The quantitative estimate of drug-likeness (QED) is 0.732. The zero-order valence-electron chi connectivity index (χ0n) is 10.9. The number of carbonyl (C=O) groups excluding carboxylic acids is 1. The first kappa shape index (κ1) is 13.3. The molecule has 1 atom stereocenters. The summed E-state index contributed by atoms with van der Waals surface area (Å²) in [5.74, 6) is -0.217. The molecule has 3 N–H and O–H groups in total. The highest BCUT2D eigenvalue weighted by atomic mass is 16.5. The van der Waals surface area contributed by atoms with E-state index in [1.807, 2.05) is 35.6 Å². The number of aromatic nitrogens is 2. The van der Waals surface area contributed by atoms with Crippen molar-refractivity contribution in [3.05, 3.63) is 54.1 Å². The summed E-state index contributed by atoms with van der Waals surface area (Å²) in [5.41, 5.74) is 2.11. The largest absolute Gasteiger partial charge is 0.465 e. The van der Waals surface area contributed by atoms with Gasteiger partial charge in [-0.25, -0.2) is 9.78 Å². The van der Waals surface area contributed by atoms with Gasteiger partial charge in [-0.1, -0.05) is 30.3 Å². The molecule has 19 heavy (non-hydrogen) atoms. The van der Waals surface area contributed by atoms with Gasteiger partial charge in [0.1, 0.15) is 6.54 Å². The number of nitrogens with two attached hydrogens (primary N) is 1. The van der Waals surface area contributed by atoms with Crippen molar-refractivity contribution in [2.75, 3.05) is 7.11 Å². The number of ether oxygens (including phenoxy) is 1. The van der Waals surface area contributed by atoms with Crippen LogP contribution >= 0.6 is 0 Å². The number of quaternary nitrogens is 1. The van der Waals surface area contributed by atoms with Crippen LogP contribution in [0.15, 0.2) is 42.9 Å². The van der Waals surface area contributed by atoms with Gasteiger partial charge in [-0.2, -0.15) is 0 Å². The van der Waals surface area contributed by atoms with E-state index in [9.17, 15) is 4.79 Å². The van der Waals surface area contributed by atoms with Crippen LogP contribution in [0.25, 0.3) is 0 Å². The Bertz CT molecular complexity index is 497. The van der Waals surface area contributed by atoms with E-state index in [1.165, 1.54) is 12.7 Å². The Balaban J connectivity index is 1.96. The van der Waals surface area contributed by atoms with Crippen LogP contribution in [0.5, 0.6) is 0 Å². The maximum Gasteiger partial charge on any atom is 0.364 e. The molecule has 0 spiro atoms. The number of hydrogen-bond donors (Lipinski definition) is 2. The van der Waals surface area contributed by atoms with Crippen molar-refractivity contribution < 1.29 is 14.8 Å².